The quantitative estimate of drug-likeness (QED) is 0.744. The standard InChI is InChI=1S/C20H23NO4/c1-2-23-20(22)19-17(6-5-12-21-19)16-10-8-15(9-11-16)14-25-18-7-3-4-13-24-18/h5-6,8-12,18H,2-4,7,13-14H2,1H3. The molecule has 1 aliphatic heterocycles. The molecule has 0 amide bonds. The monoisotopic (exact) mass is 341 g/mol. The van der Waals surface area contributed by atoms with Gasteiger partial charge in [-0.3, -0.25) is 0 Å². The molecule has 25 heavy (non-hydrogen) atoms. The van der Waals surface area contributed by atoms with E-state index in [1.165, 1.54) is 0 Å². The van der Waals surface area contributed by atoms with Crippen molar-refractivity contribution in [2.75, 3.05) is 13.2 Å². The van der Waals surface area contributed by atoms with Gasteiger partial charge in [0.1, 0.15) is 0 Å². The predicted octanol–water partition coefficient (Wildman–Crippen LogP) is 3.97. The van der Waals surface area contributed by atoms with Crippen LogP contribution in [0.25, 0.3) is 11.1 Å². The van der Waals surface area contributed by atoms with Gasteiger partial charge in [0.2, 0.25) is 0 Å². The van der Waals surface area contributed by atoms with Crippen molar-refractivity contribution in [3.05, 3.63) is 53.9 Å². The van der Waals surface area contributed by atoms with E-state index >= 15 is 0 Å². The Hall–Kier alpha value is -2.24. The summed E-state index contributed by atoms with van der Waals surface area (Å²) in [6.07, 6.45) is 4.73. The average molecular weight is 341 g/mol. The minimum absolute atomic E-state index is 0.0952. The van der Waals surface area contributed by atoms with Crippen LogP contribution < -0.4 is 0 Å². The molecule has 1 aliphatic rings. The predicted molar refractivity (Wildman–Crippen MR) is 94.0 cm³/mol. The van der Waals surface area contributed by atoms with Crippen LogP contribution in [0.5, 0.6) is 0 Å². The van der Waals surface area contributed by atoms with Gasteiger partial charge in [-0.05, 0) is 43.4 Å². The Kier molecular flexibility index (Phi) is 6.14. The first-order valence-corrected chi connectivity index (χ1v) is 8.72. The number of pyridine rings is 1. The maximum absolute atomic E-state index is 12.1. The van der Waals surface area contributed by atoms with Crippen molar-refractivity contribution in [3.63, 3.8) is 0 Å². The lowest BCUT2D eigenvalue weighted by atomic mass is 10.0. The second kappa shape index (κ2) is 8.74. The number of hydrogen-bond acceptors (Lipinski definition) is 5. The lowest BCUT2D eigenvalue weighted by Gasteiger charge is -2.22. The SMILES string of the molecule is CCOC(=O)c1ncccc1-c1ccc(COC2CCCCO2)cc1. The maximum Gasteiger partial charge on any atom is 0.357 e. The molecule has 0 spiro atoms. The molecule has 132 valence electrons. The van der Waals surface area contributed by atoms with E-state index in [-0.39, 0.29) is 6.29 Å². The third kappa shape index (κ3) is 4.65. The van der Waals surface area contributed by atoms with Crippen LogP contribution in [-0.2, 0) is 20.8 Å². The van der Waals surface area contributed by atoms with E-state index in [0.717, 1.165) is 42.6 Å². The lowest BCUT2D eigenvalue weighted by molar-refractivity contribution is -0.168. The van der Waals surface area contributed by atoms with Gasteiger partial charge in [-0.1, -0.05) is 30.3 Å². The molecule has 1 aromatic carbocycles. The van der Waals surface area contributed by atoms with E-state index in [1.54, 1.807) is 13.1 Å². The Bertz CT molecular complexity index is 693. The number of hydrogen-bond donors (Lipinski definition) is 0. The Balaban J connectivity index is 1.69. The van der Waals surface area contributed by atoms with Crippen LogP contribution in [0.1, 0.15) is 42.2 Å². The van der Waals surface area contributed by atoms with Crippen molar-refractivity contribution in [1.82, 2.24) is 4.98 Å². The van der Waals surface area contributed by atoms with Crippen molar-refractivity contribution in [2.24, 2.45) is 0 Å². The molecular formula is C20H23NO4. The lowest BCUT2D eigenvalue weighted by Crippen LogP contribution is -2.21. The summed E-state index contributed by atoms with van der Waals surface area (Å²) >= 11 is 0. The fourth-order valence-electron chi connectivity index (χ4n) is 2.81. The molecule has 5 nitrogen and oxygen atoms in total. The number of carbonyl (C=O) groups excluding carboxylic acids is 1. The van der Waals surface area contributed by atoms with Crippen molar-refractivity contribution >= 4 is 5.97 Å². The molecular weight excluding hydrogens is 318 g/mol. The molecule has 5 heteroatoms. The number of carbonyl (C=O) groups is 1. The summed E-state index contributed by atoms with van der Waals surface area (Å²) in [5.74, 6) is -0.403. The second-order valence-corrected chi connectivity index (χ2v) is 5.92. The minimum atomic E-state index is -0.403. The molecule has 0 radical (unpaired) electrons. The number of nitrogens with zero attached hydrogens (tertiary/aromatic N) is 1. The van der Waals surface area contributed by atoms with Gasteiger partial charge in [0, 0.05) is 18.4 Å². The topological polar surface area (TPSA) is 57.7 Å². The second-order valence-electron chi connectivity index (χ2n) is 5.92. The molecule has 1 fully saturated rings. The van der Waals surface area contributed by atoms with Gasteiger partial charge in [-0.25, -0.2) is 9.78 Å². The van der Waals surface area contributed by atoms with Crippen LogP contribution in [0.3, 0.4) is 0 Å². The van der Waals surface area contributed by atoms with E-state index in [1.807, 2.05) is 36.4 Å². The molecule has 1 atom stereocenters. The third-order valence-electron chi connectivity index (χ3n) is 4.12. The average Bonchev–Trinajstić information content (AvgIpc) is 2.68. The van der Waals surface area contributed by atoms with Crippen LogP contribution in [-0.4, -0.2) is 30.5 Å². The molecule has 0 bridgehead atoms. The van der Waals surface area contributed by atoms with Gasteiger partial charge < -0.3 is 14.2 Å². The molecule has 2 aromatic rings. The van der Waals surface area contributed by atoms with Gasteiger partial charge in [0.05, 0.1) is 13.2 Å². The van der Waals surface area contributed by atoms with Crippen LogP contribution in [0, 0.1) is 0 Å². The van der Waals surface area contributed by atoms with Gasteiger partial charge in [0.15, 0.2) is 12.0 Å². The van der Waals surface area contributed by atoms with Crippen LogP contribution in [0.4, 0.5) is 0 Å². The Labute approximate surface area is 147 Å². The zero-order valence-electron chi connectivity index (χ0n) is 14.4. The number of ether oxygens (including phenoxy) is 3. The Morgan fingerprint density at radius 2 is 2.08 bits per heavy atom. The summed E-state index contributed by atoms with van der Waals surface area (Å²) in [6.45, 7) is 3.41. The molecule has 1 saturated heterocycles. The zero-order chi connectivity index (χ0) is 17.5. The maximum atomic E-state index is 12.1. The van der Waals surface area contributed by atoms with E-state index < -0.39 is 5.97 Å². The van der Waals surface area contributed by atoms with Crippen molar-refractivity contribution in [1.29, 1.82) is 0 Å². The normalized spacial score (nSPS) is 17.2. The summed E-state index contributed by atoms with van der Waals surface area (Å²) in [5, 5.41) is 0. The van der Waals surface area contributed by atoms with Crippen LogP contribution in [0.15, 0.2) is 42.6 Å². The summed E-state index contributed by atoms with van der Waals surface area (Å²) < 4.78 is 16.5. The first kappa shape index (κ1) is 17.6. The highest BCUT2D eigenvalue weighted by molar-refractivity contribution is 5.95. The van der Waals surface area contributed by atoms with Crippen molar-refractivity contribution < 1.29 is 19.0 Å². The summed E-state index contributed by atoms with van der Waals surface area (Å²) in [5.41, 5.74) is 3.10. The number of benzene rings is 1. The van der Waals surface area contributed by atoms with Crippen molar-refractivity contribution in [3.8, 4) is 11.1 Å². The van der Waals surface area contributed by atoms with E-state index in [9.17, 15) is 4.79 Å². The first-order valence-electron chi connectivity index (χ1n) is 8.72. The van der Waals surface area contributed by atoms with Crippen LogP contribution >= 0.6 is 0 Å². The largest absolute Gasteiger partial charge is 0.461 e. The van der Waals surface area contributed by atoms with Gasteiger partial charge in [0.25, 0.3) is 0 Å². The van der Waals surface area contributed by atoms with E-state index in [0.29, 0.717) is 18.9 Å². The Morgan fingerprint density at radius 1 is 1.24 bits per heavy atom. The van der Waals surface area contributed by atoms with E-state index in [4.69, 9.17) is 14.2 Å². The number of esters is 1. The summed E-state index contributed by atoms with van der Waals surface area (Å²) in [6, 6.07) is 11.6. The molecule has 0 N–H and O–H groups in total. The zero-order valence-corrected chi connectivity index (χ0v) is 14.4. The number of aromatic nitrogens is 1. The highest BCUT2D eigenvalue weighted by atomic mass is 16.7. The molecule has 1 aromatic heterocycles. The fourth-order valence-corrected chi connectivity index (χ4v) is 2.81. The van der Waals surface area contributed by atoms with Gasteiger partial charge >= 0.3 is 5.97 Å². The van der Waals surface area contributed by atoms with Gasteiger partial charge in [-0.2, -0.15) is 0 Å². The summed E-state index contributed by atoms with van der Waals surface area (Å²) in [7, 11) is 0. The highest BCUT2D eigenvalue weighted by Gasteiger charge is 2.16. The number of rotatable bonds is 6. The van der Waals surface area contributed by atoms with Crippen molar-refractivity contribution in [2.45, 2.75) is 39.1 Å². The van der Waals surface area contributed by atoms with E-state index in [2.05, 4.69) is 4.98 Å². The molecule has 0 aliphatic carbocycles. The summed E-state index contributed by atoms with van der Waals surface area (Å²) in [4.78, 5) is 16.2. The molecule has 1 unspecified atom stereocenters. The smallest absolute Gasteiger partial charge is 0.357 e. The molecule has 2 heterocycles. The molecule has 0 saturated carbocycles. The minimum Gasteiger partial charge on any atom is -0.461 e. The fraction of sp³-hybridized carbons (Fsp3) is 0.400. The van der Waals surface area contributed by atoms with Gasteiger partial charge in [-0.15, -0.1) is 0 Å². The molecule has 3 rings (SSSR count). The first-order chi connectivity index (χ1) is 12.3. The third-order valence-corrected chi connectivity index (χ3v) is 4.12. The Morgan fingerprint density at radius 3 is 2.80 bits per heavy atom. The van der Waals surface area contributed by atoms with Crippen LogP contribution in [0.2, 0.25) is 0 Å². The highest BCUT2D eigenvalue weighted by Crippen LogP contribution is 2.24.